The number of benzene rings is 1. The van der Waals surface area contributed by atoms with Crippen LogP contribution in [0, 0.1) is 6.92 Å². The van der Waals surface area contributed by atoms with Gasteiger partial charge in [0.2, 0.25) is 0 Å². The van der Waals surface area contributed by atoms with Crippen molar-refractivity contribution in [2.45, 2.75) is 37.8 Å². The van der Waals surface area contributed by atoms with E-state index in [2.05, 4.69) is 9.97 Å². The van der Waals surface area contributed by atoms with Crippen molar-refractivity contribution < 1.29 is 13.9 Å². The molecule has 0 unspecified atom stereocenters. The number of alkyl halides is 2. The van der Waals surface area contributed by atoms with Crippen LogP contribution in [0.25, 0.3) is 11.3 Å². The topological polar surface area (TPSA) is 49.3 Å². The van der Waals surface area contributed by atoms with E-state index in [1.807, 2.05) is 42.2 Å². The number of aryl methyl sites for hydroxylation is 1. The predicted molar refractivity (Wildman–Crippen MR) is 117 cm³/mol. The summed E-state index contributed by atoms with van der Waals surface area (Å²) in [6, 6.07) is 12.4. The van der Waals surface area contributed by atoms with Gasteiger partial charge in [0.15, 0.2) is 0 Å². The summed E-state index contributed by atoms with van der Waals surface area (Å²) in [7, 11) is 0. The van der Waals surface area contributed by atoms with Crippen LogP contribution in [-0.2, 0) is 0 Å². The number of likely N-dealkylation sites (tertiary alicyclic amines) is 1. The molecule has 1 aromatic carbocycles. The molecule has 0 bridgehead atoms. The monoisotopic (exact) mass is 443 g/mol. The molecule has 2 aromatic heterocycles. The average Bonchev–Trinajstić information content (AvgIpc) is 2.75. The molecular formula is C24H24ClF2N3O. The van der Waals surface area contributed by atoms with E-state index in [1.54, 1.807) is 30.7 Å². The second-order valence-corrected chi connectivity index (χ2v) is 8.46. The molecular weight excluding hydrogens is 420 g/mol. The Morgan fingerprint density at radius 3 is 2.52 bits per heavy atom. The van der Waals surface area contributed by atoms with E-state index < -0.39 is 18.1 Å². The minimum absolute atomic E-state index is 0.190. The van der Waals surface area contributed by atoms with E-state index in [0.29, 0.717) is 16.3 Å². The molecule has 1 aliphatic heterocycles. The summed E-state index contributed by atoms with van der Waals surface area (Å²) in [5.41, 5.74) is 3.80. The minimum atomic E-state index is -2.67. The Morgan fingerprint density at radius 2 is 1.84 bits per heavy atom. The van der Waals surface area contributed by atoms with Crippen molar-refractivity contribution in [1.82, 2.24) is 14.9 Å². The molecule has 2 atom stereocenters. The standard InChI is InChI=1S/C24H24ClF2N3O/c1-16-12-18(14-19(25)13-16)21-20(5-3-9-29-21)23(31)22(17-4-2-8-28-15-17)30-10-6-24(26,27)7-11-30/h2-5,8-9,12-15,22-23,31H,6-7,10-11H2,1H3/t22-,23+/m0/s1. The number of hydrogen-bond acceptors (Lipinski definition) is 4. The Kier molecular flexibility index (Phi) is 6.32. The first-order valence-electron chi connectivity index (χ1n) is 10.3. The molecule has 0 radical (unpaired) electrons. The van der Waals surface area contributed by atoms with Crippen molar-refractivity contribution in [3.8, 4) is 11.3 Å². The summed E-state index contributed by atoms with van der Waals surface area (Å²) in [6.45, 7) is 2.33. The molecule has 3 heterocycles. The molecule has 0 spiro atoms. The van der Waals surface area contributed by atoms with E-state index in [0.717, 1.165) is 16.7 Å². The maximum atomic E-state index is 13.8. The molecule has 31 heavy (non-hydrogen) atoms. The SMILES string of the molecule is Cc1cc(Cl)cc(-c2ncccc2[C@@H](O)[C@H](c2cccnc2)N2CCC(F)(F)CC2)c1. The summed E-state index contributed by atoms with van der Waals surface area (Å²) in [6.07, 6.45) is 3.55. The van der Waals surface area contributed by atoms with Gasteiger partial charge in [-0.2, -0.15) is 0 Å². The van der Waals surface area contributed by atoms with Crippen molar-refractivity contribution in [2.75, 3.05) is 13.1 Å². The van der Waals surface area contributed by atoms with Crippen molar-refractivity contribution in [1.29, 1.82) is 0 Å². The molecule has 4 rings (SSSR count). The zero-order chi connectivity index (χ0) is 22.0. The van der Waals surface area contributed by atoms with Gasteiger partial charge in [0.25, 0.3) is 5.92 Å². The Hall–Kier alpha value is -2.41. The summed E-state index contributed by atoms with van der Waals surface area (Å²) in [5, 5.41) is 12.2. The molecule has 3 aromatic rings. The smallest absolute Gasteiger partial charge is 0.250 e. The summed E-state index contributed by atoms with van der Waals surface area (Å²) < 4.78 is 27.6. The Bertz CT molecular complexity index is 1020. The van der Waals surface area contributed by atoms with Crippen LogP contribution < -0.4 is 0 Å². The molecule has 1 saturated heterocycles. The second kappa shape index (κ2) is 8.99. The average molecular weight is 444 g/mol. The highest BCUT2D eigenvalue weighted by molar-refractivity contribution is 6.30. The van der Waals surface area contributed by atoms with E-state index in [4.69, 9.17) is 11.6 Å². The highest BCUT2D eigenvalue weighted by Gasteiger charge is 2.39. The Balaban J connectivity index is 1.75. The normalized spacial score (nSPS) is 18.5. The van der Waals surface area contributed by atoms with E-state index in [9.17, 15) is 13.9 Å². The van der Waals surface area contributed by atoms with Crippen molar-refractivity contribution in [3.63, 3.8) is 0 Å². The third-order valence-corrected chi connectivity index (χ3v) is 5.94. The molecule has 162 valence electrons. The Morgan fingerprint density at radius 1 is 1.10 bits per heavy atom. The second-order valence-electron chi connectivity index (χ2n) is 8.03. The molecule has 0 saturated carbocycles. The fourth-order valence-corrected chi connectivity index (χ4v) is 4.50. The molecule has 7 heteroatoms. The first kappa shape index (κ1) is 21.8. The minimum Gasteiger partial charge on any atom is -0.386 e. The lowest BCUT2D eigenvalue weighted by atomic mass is 9.90. The Labute approximate surface area is 185 Å². The number of aromatic nitrogens is 2. The van der Waals surface area contributed by atoms with Gasteiger partial charge < -0.3 is 5.11 Å². The molecule has 1 N–H and O–H groups in total. The van der Waals surface area contributed by atoms with Crippen molar-refractivity contribution in [3.05, 3.63) is 82.8 Å². The predicted octanol–water partition coefficient (Wildman–Crippen LogP) is 5.61. The van der Waals surface area contributed by atoms with Crippen LogP contribution in [0.15, 0.2) is 61.1 Å². The maximum absolute atomic E-state index is 13.8. The fourth-order valence-electron chi connectivity index (χ4n) is 4.21. The van der Waals surface area contributed by atoms with Crippen LogP contribution in [0.3, 0.4) is 0 Å². The van der Waals surface area contributed by atoms with E-state index in [-0.39, 0.29) is 25.9 Å². The van der Waals surface area contributed by atoms with Gasteiger partial charge in [-0.05, 0) is 48.4 Å². The van der Waals surface area contributed by atoms with Crippen molar-refractivity contribution in [2.24, 2.45) is 0 Å². The molecule has 4 nitrogen and oxygen atoms in total. The lowest BCUT2D eigenvalue weighted by molar-refractivity contribution is -0.0766. The summed E-state index contributed by atoms with van der Waals surface area (Å²) in [5.74, 6) is -2.67. The largest absolute Gasteiger partial charge is 0.386 e. The maximum Gasteiger partial charge on any atom is 0.250 e. The van der Waals surface area contributed by atoms with Crippen LogP contribution in [0.5, 0.6) is 0 Å². The summed E-state index contributed by atoms with van der Waals surface area (Å²) >= 11 is 6.26. The zero-order valence-electron chi connectivity index (χ0n) is 17.2. The van der Waals surface area contributed by atoms with Crippen molar-refractivity contribution >= 4 is 11.6 Å². The fraction of sp³-hybridized carbons (Fsp3) is 0.333. The van der Waals surface area contributed by atoms with Gasteiger partial charge in [-0.15, -0.1) is 0 Å². The quantitative estimate of drug-likeness (QED) is 0.556. The van der Waals surface area contributed by atoms with Gasteiger partial charge in [-0.25, -0.2) is 8.78 Å². The zero-order valence-corrected chi connectivity index (χ0v) is 17.9. The first-order chi connectivity index (χ1) is 14.8. The molecule has 1 aliphatic rings. The van der Waals surface area contributed by atoms with Crippen LogP contribution >= 0.6 is 11.6 Å². The summed E-state index contributed by atoms with van der Waals surface area (Å²) in [4.78, 5) is 10.6. The number of halogens is 3. The highest BCUT2D eigenvalue weighted by atomic mass is 35.5. The van der Waals surface area contributed by atoms with Gasteiger partial charge >= 0.3 is 0 Å². The number of aliphatic hydroxyl groups is 1. The van der Waals surface area contributed by atoms with Crippen LogP contribution in [0.1, 0.15) is 41.7 Å². The lowest BCUT2D eigenvalue weighted by Crippen LogP contribution is -2.43. The molecule has 0 aliphatic carbocycles. The van der Waals surface area contributed by atoms with Crippen LogP contribution in [-0.4, -0.2) is 39.0 Å². The third kappa shape index (κ3) is 4.92. The van der Waals surface area contributed by atoms with Crippen LogP contribution in [0.4, 0.5) is 8.78 Å². The lowest BCUT2D eigenvalue weighted by Gasteiger charge is -2.40. The van der Waals surface area contributed by atoms with Gasteiger partial charge in [0.05, 0.1) is 11.7 Å². The number of hydrogen-bond donors (Lipinski definition) is 1. The van der Waals surface area contributed by atoms with Gasteiger partial charge in [0, 0.05) is 60.7 Å². The number of pyridine rings is 2. The number of nitrogens with zero attached hydrogens (tertiary/aromatic N) is 3. The highest BCUT2D eigenvalue weighted by Crippen LogP contribution is 2.41. The van der Waals surface area contributed by atoms with E-state index >= 15 is 0 Å². The molecule has 1 fully saturated rings. The van der Waals surface area contributed by atoms with Crippen LogP contribution in [0.2, 0.25) is 5.02 Å². The number of piperidine rings is 1. The van der Waals surface area contributed by atoms with E-state index in [1.165, 1.54) is 0 Å². The van der Waals surface area contributed by atoms with Gasteiger partial charge in [0.1, 0.15) is 6.10 Å². The van der Waals surface area contributed by atoms with Gasteiger partial charge in [-0.1, -0.05) is 23.7 Å². The van der Waals surface area contributed by atoms with Gasteiger partial charge in [-0.3, -0.25) is 14.9 Å². The third-order valence-electron chi connectivity index (χ3n) is 5.72. The first-order valence-corrected chi connectivity index (χ1v) is 10.6. The number of rotatable bonds is 5. The molecule has 0 amide bonds. The number of aliphatic hydroxyl groups excluding tert-OH is 1.